The van der Waals surface area contributed by atoms with Gasteiger partial charge in [-0.2, -0.15) is 0 Å². The Balaban J connectivity index is 1.19. The fraction of sp³-hybridized carbons (Fsp3) is 0. The Bertz CT molecular complexity index is 3730. The maximum Gasteiger partial charge on any atom is 0.180 e. The van der Waals surface area contributed by atoms with Crippen LogP contribution in [0, 0.1) is 0 Å². The molecule has 3 heterocycles. The molecule has 0 fully saturated rings. The van der Waals surface area contributed by atoms with Gasteiger partial charge >= 0.3 is 0 Å². The van der Waals surface area contributed by atoms with Crippen molar-refractivity contribution in [2.24, 2.45) is 0 Å². The molecule has 4 heteroatoms. The van der Waals surface area contributed by atoms with Crippen molar-refractivity contribution in [3.05, 3.63) is 249 Å². The minimum atomic E-state index is -2.92. The summed E-state index contributed by atoms with van der Waals surface area (Å²) in [6, 6.07) is 92.3. The summed E-state index contributed by atoms with van der Waals surface area (Å²) in [6.07, 6.45) is 0. The van der Waals surface area contributed by atoms with E-state index in [1.165, 1.54) is 86.3 Å². The lowest BCUT2D eigenvalue weighted by atomic mass is 10.1. The Morgan fingerprint density at radius 1 is 0.250 bits per heavy atom. The molecule has 0 saturated carbocycles. The second kappa shape index (κ2) is 14.5. The summed E-state index contributed by atoms with van der Waals surface area (Å²) < 4.78 is 7.52. The van der Waals surface area contributed by atoms with E-state index in [2.05, 4.69) is 262 Å². The zero-order valence-electron chi connectivity index (χ0n) is 35.0. The van der Waals surface area contributed by atoms with Crippen LogP contribution in [0.15, 0.2) is 249 Å². The van der Waals surface area contributed by atoms with Crippen LogP contribution in [0.4, 0.5) is 0 Å². The fourth-order valence-electron chi connectivity index (χ4n) is 11.1. The van der Waals surface area contributed by atoms with Crippen molar-refractivity contribution in [2.75, 3.05) is 0 Å². The predicted molar refractivity (Wildman–Crippen MR) is 273 cm³/mol. The molecule has 10 aromatic carbocycles. The summed E-state index contributed by atoms with van der Waals surface area (Å²) in [4.78, 5) is 0. The van der Waals surface area contributed by atoms with E-state index in [9.17, 15) is 0 Å². The molecular formula is C60H41N3Si. The van der Waals surface area contributed by atoms with Crippen LogP contribution < -0.4 is 20.7 Å². The Morgan fingerprint density at radius 2 is 0.641 bits per heavy atom. The molecule has 0 bridgehead atoms. The first kappa shape index (κ1) is 36.5. The van der Waals surface area contributed by atoms with Gasteiger partial charge in [-0.05, 0) is 75.3 Å². The number of hydrogen-bond donors (Lipinski definition) is 0. The third-order valence-electron chi connectivity index (χ3n) is 13.6. The average molecular weight is 832 g/mol. The van der Waals surface area contributed by atoms with Gasteiger partial charge in [0.15, 0.2) is 8.07 Å². The second-order valence-electron chi connectivity index (χ2n) is 16.8. The summed E-state index contributed by atoms with van der Waals surface area (Å²) in [5.41, 5.74) is 10.5. The van der Waals surface area contributed by atoms with Crippen LogP contribution in [0.1, 0.15) is 0 Å². The number of benzene rings is 10. The van der Waals surface area contributed by atoms with Gasteiger partial charge in [-0.15, -0.1) is 0 Å². The number of rotatable bonds is 7. The normalized spacial score (nSPS) is 12.1. The van der Waals surface area contributed by atoms with E-state index < -0.39 is 8.07 Å². The van der Waals surface area contributed by atoms with Crippen molar-refractivity contribution in [2.45, 2.75) is 0 Å². The van der Waals surface area contributed by atoms with Gasteiger partial charge in [-0.3, -0.25) is 0 Å². The van der Waals surface area contributed by atoms with Crippen molar-refractivity contribution in [1.29, 1.82) is 0 Å². The first-order chi connectivity index (χ1) is 31.8. The molecule has 13 rings (SSSR count). The molecule has 0 amide bonds. The molecule has 3 nitrogen and oxygen atoms in total. The maximum atomic E-state index is 2.55. The van der Waals surface area contributed by atoms with E-state index in [1.807, 2.05) is 0 Å². The molecule has 300 valence electrons. The molecule has 13 aromatic rings. The second-order valence-corrected chi connectivity index (χ2v) is 20.6. The average Bonchev–Trinajstić information content (AvgIpc) is 4.02. The molecule has 0 unspecified atom stereocenters. The molecule has 0 atom stereocenters. The van der Waals surface area contributed by atoms with Gasteiger partial charge in [-0.25, -0.2) is 0 Å². The summed E-state index contributed by atoms with van der Waals surface area (Å²) >= 11 is 0. The highest BCUT2D eigenvalue weighted by molar-refractivity contribution is 7.20. The minimum Gasteiger partial charge on any atom is -0.309 e. The third-order valence-corrected chi connectivity index (χ3v) is 18.4. The zero-order chi connectivity index (χ0) is 42.2. The lowest BCUT2D eigenvalue weighted by Gasteiger charge is -2.35. The van der Waals surface area contributed by atoms with Crippen molar-refractivity contribution in [1.82, 2.24) is 13.7 Å². The topological polar surface area (TPSA) is 14.8 Å². The Kier molecular flexibility index (Phi) is 8.23. The predicted octanol–water partition coefficient (Wildman–Crippen LogP) is 12.4. The Morgan fingerprint density at radius 3 is 1.22 bits per heavy atom. The number of fused-ring (bicyclic) bond motifs is 9. The fourth-order valence-corrected chi connectivity index (χ4v) is 16.1. The summed E-state index contributed by atoms with van der Waals surface area (Å²) in [5.74, 6) is 0. The zero-order valence-corrected chi connectivity index (χ0v) is 36.0. The Labute approximate surface area is 372 Å². The van der Waals surface area contributed by atoms with E-state index in [-0.39, 0.29) is 0 Å². The number of aromatic nitrogens is 3. The third kappa shape index (κ3) is 5.15. The smallest absolute Gasteiger partial charge is 0.180 e. The number of para-hydroxylation sites is 5. The van der Waals surface area contributed by atoms with E-state index in [1.54, 1.807) is 0 Å². The molecule has 3 aromatic heterocycles. The van der Waals surface area contributed by atoms with Crippen LogP contribution in [-0.4, -0.2) is 21.8 Å². The molecular weight excluding hydrogens is 791 g/mol. The number of hydrogen-bond acceptors (Lipinski definition) is 0. The largest absolute Gasteiger partial charge is 0.309 e. The van der Waals surface area contributed by atoms with Gasteiger partial charge in [0.25, 0.3) is 0 Å². The van der Waals surface area contributed by atoms with Crippen molar-refractivity contribution in [3.63, 3.8) is 0 Å². The van der Waals surface area contributed by atoms with Crippen LogP contribution in [0.3, 0.4) is 0 Å². The summed E-state index contributed by atoms with van der Waals surface area (Å²) in [6.45, 7) is 0. The van der Waals surface area contributed by atoms with Gasteiger partial charge in [0, 0.05) is 38.0 Å². The van der Waals surface area contributed by atoms with Crippen LogP contribution in [0.25, 0.3) is 82.5 Å². The standard InChI is InChI=1S/C60H41N3Si/c1-5-22-42(23-6-1)61-53-37-20-38-54(62-50-34-16-13-30-46(50)47-31-14-17-35-51(47)62)58(53)49-33-19-40-56(60(49)61)63-52-36-18-15-32-48(52)59-55(63)39-21-41-57(59)64(43-24-7-2-8-25-43,44-26-9-3-10-27-44)45-28-11-4-12-29-45/h1-41H. The van der Waals surface area contributed by atoms with Crippen molar-refractivity contribution in [3.8, 4) is 17.1 Å². The van der Waals surface area contributed by atoms with E-state index >= 15 is 0 Å². The van der Waals surface area contributed by atoms with Crippen LogP contribution in [0.2, 0.25) is 0 Å². The van der Waals surface area contributed by atoms with Gasteiger partial charge < -0.3 is 13.7 Å². The van der Waals surface area contributed by atoms with Crippen LogP contribution >= 0.6 is 0 Å². The van der Waals surface area contributed by atoms with Crippen molar-refractivity contribution < 1.29 is 0 Å². The molecule has 0 radical (unpaired) electrons. The molecule has 64 heavy (non-hydrogen) atoms. The maximum absolute atomic E-state index is 2.92. The molecule has 0 aliphatic heterocycles. The quantitative estimate of drug-likeness (QED) is 0.112. The molecule has 0 spiro atoms. The van der Waals surface area contributed by atoms with Gasteiger partial charge in [-0.1, -0.05) is 194 Å². The molecule has 0 aliphatic carbocycles. The molecule has 0 aliphatic rings. The summed E-state index contributed by atoms with van der Waals surface area (Å²) in [5, 5.41) is 13.0. The monoisotopic (exact) mass is 831 g/mol. The van der Waals surface area contributed by atoms with E-state index in [4.69, 9.17) is 0 Å². The van der Waals surface area contributed by atoms with Crippen LogP contribution in [-0.2, 0) is 0 Å². The van der Waals surface area contributed by atoms with E-state index in [0.29, 0.717) is 0 Å². The first-order valence-electron chi connectivity index (χ1n) is 22.1. The van der Waals surface area contributed by atoms with E-state index in [0.717, 1.165) is 16.9 Å². The number of nitrogens with zero attached hydrogens (tertiary/aromatic N) is 3. The molecule has 0 saturated heterocycles. The van der Waals surface area contributed by atoms with Crippen molar-refractivity contribution >= 4 is 94.2 Å². The van der Waals surface area contributed by atoms with Gasteiger partial charge in [0.2, 0.25) is 0 Å². The lowest BCUT2D eigenvalue weighted by Crippen LogP contribution is -2.74. The first-order valence-corrected chi connectivity index (χ1v) is 24.1. The Hall–Kier alpha value is -8.18. The highest BCUT2D eigenvalue weighted by atomic mass is 28.3. The van der Waals surface area contributed by atoms with Crippen LogP contribution in [0.5, 0.6) is 0 Å². The SMILES string of the molecule is c1ccc(-n2c3cccc(-n4c5ccccc5c5ccccc54)c3c3cccc(-n4c5ccccc5c5c([Si](c6ccccc6)(c6ccccc6)c6ccccc6)cccc54)c32)cc1. The minimum absolute atomic E-state index is 1.12. The highest BCUT2D eigenvalue weighted by Crippen LogP contribution is 2.43. The summed E-state index contributed by atoms with van der Waals surface area (Å²) in [7, 11) is -2.92. The lowest BCUT2D eigenvalue weighted by molar-refractivity contribution is 1.13. The highest BCUT2D eigenvalue weighted by Gasteiger charge is 2.43. The molecule has 0 N–H and O–H groups in total. The van der Waals surface area contributed by atoms with Gasteiger partial charge in [0.1, 0.15) is 0 Å². The van der Waals surface area contributed by atoms with Gasteiger partial charge in [0.05, 0.1) is 44.5 Å².